The third-order valence-corrected chi connectivity index (χ3v) is 4.82. The minimum absolute atomic E-state index is 0.202. The lowest BCUT2D eigenvalue weighted by atomic mass is 10.0. The van der Waals surface area contributed by atoms with Crippen LogP contribution in [0.3, 0.4) is 0 Å². The van der Waals surface area contributed by atoms with Crippen LogP contribution in [0.4, 0.5) is 0 Å². The molecule has 1 saturated heterocycles. The molecule has 0 aromatic heterocycles. The van der Waals surface area contributed by atoms with Gasteiger partial charge in [-0.25, -0.2) is 0 Å². The number of unbranched alkanes of at least 4 members (excludes halogenated alkanes) is 1. The van der Waals surface area contributed by atoms with Crippen molar-refractivity contribution < 1.29 is 14.2 Å². The van der Waals surface area contributed by atoms with Gasteiger partial charge in [-0.15, -0.1) is 11.8 Å². The van der Waals surface area contributed by atoms with Gasteiger partial charge in [0, 0.05) is 17.1 Å². The Morgan fingerprint density at radius 1 is 1.32 bits per heavy atom. The summed E-state index contributed by atoms with van der Waals surface area (Å²) in [7, 11) is 0. The van der Waals surface area contributed by atoms with Crippen LogP contribution < -0.4 is 0 Å². The van der Waals surface area contributed by atoms with Crippen molar-refractivity contribution in [2.75, 3.05) is 19.0 Å². The summed E-state index contributed by atoms with van der Waals surface area (Å²) in [6.45, 7) is 7.32. The maximum Gasteiger partial charge on any atom is 0.273 e. The van der Waals surface area contributed by atoms with Gasteiger partial charge in [-0.05, 0) is 37.5 Å². The monoisotopic (exact) mass is 322 g/mol. The minimum Gasteiger partial charge on any atom is -0.466 e. The molecule has 4 heteroatoms. The fourth-order valence-corrected chi connectivity index (χ4v) is 3.29. The molecule has 0 unspecified atom stereocenters. The Kier molecular flexibility index (Phi) is 7.67. The fourth-order valence-electron chi connectivity index (χ4n) is 2.25. The average molecular weight is 322 g/mol. The van der Waals surface area contributed by atoms with Gasteiger partial charge in [0.05, 0.1) is 13.2 Å². The highest BCUT2D eigenvalue weighted by Crippen LogP contribution is 2.27. The molecule has 0 spiro atoms. The SMILES string of the molecule is C=C(OCCCC)O[C@@H]1CC[C@@H](CSc2ccccc2)CO1. The van der Waals surface area contributed by atoms with E-state index in [1.165, 1.54) is 4.90 Å². The molecule has 0 amide bonds. The van der Waals surface area contributed by atoms with Crippen molar-refractivity contribution in [3.63, 3.8) is 0 Å². The standard InChI is InChI=1S/C18H26O3S/c1-3-4-12-19-15(2)21-18-11-10-16(13-20-18)14-22-17-8-6-5-7-9-17/h5-9,16,18H,2-4,10-14H2,1H3/t16-,18-/m1/s1. The molecule has 3 nitrogen and oxygen atoms in total. The fraction of sp³-hybridized carbons (Fsp3) is 0.556. The highest BCUT2D eigenvalue weighted by molar-refractivity contribution is 7.99. The second-order valence-electron chi connectivity index (χ2n) is 5.52. The summed E-state index contributed by atoms with van der Waals surface area (Å²) >= 11 is 1.89. The Hall–Kier alpha value is -1.13. The molecule has 1 heterocycles. The first kappa shape index (κ1) is 17.2. The number of benzene rings is 1. The van der Waals surface area contributed by atoms with E-state index in [9.17, 15) is 0 Å². The van der Waals surface area contributed by atoms with Crippen LogP contribution in [0.2, 0.25) is 0 Å². The van der Waals surface area contributed by atoms with E-state index >= 15 is 0 Å². The first-order valence-electron chi connectivity index (χ1n) is 8.05. The van der Waals surface area contributed by atoms with Crippen molar-refractivity contribution in [1.29, 1.82) is 0 Å². The van der Waals surface area contributed by atoms with E-state index in [0.29, 0.717) is 18.5 Å². The maximum atomic E-state index is 5.78. The summed E-state index contributed by atoms with van der Waals surface area (Å²) in [5.41, 5.74) is 0. The molecule has 0 saturated carbocycles. The predicted molar refractivity (Wildman–Crippen MR) is 90.7 cm³/mol. The Labute approximate surface area is 138 Å². The third kappa shape index (κ3) is 6.32. The molecule has 1 aliphatic heterocycles. The number of hydrogen-bond donors (Lipinski definition) is 0. The Bertz CT molecular complexity index is 427. The molecule has 1 aromatic rings. The largest absolute Gasteiger partial charge is 0.466 e. The average Bonchev–Trinajstić information content (AvgIpc) is 2.55. The summed E-state index contributed by atoms with van der Waals surface area (Å²) in [5, 5.41) is 0. The Morgan fingerprint density at radius 2 is 2.14 bits per heavy atom. The van der Waals surface area contributed by atoms with Gasteiger partial charge in [0.15, 0.2) is 0 Å². The lowest BCUT2D eigenvalue weighted by Crippen LogP contribution is -2.29. The topological polar surface area (TPSA) is 27.7 Å². The normalized spacial score (nSPS) is 21.3. The molecule has 1 aromatic carbocycles. The summed E-state index contributed by atoms with van der Waals surface area (Å²) in [6, 6.07) is 10.5. The van der Waals surface area contributed by atoms with Crippen LogP contribution in [-0.4, -0.2) is 25.3 Å². The molecule has 0 bridgehead atoms. The maximum absolute atomic E-state index is 5.78. The number of rotatable bonds is 9. The summed E-state index contributed by atoms with van der Waals surface area (Å²) in [6.07, 6.45) is 3.94. The smallest absolute Gasteiger partial charge is 0.273 e. The molecule has 2 atom stereocenters. The molecule has 0 N–H and O–H groups in total. The van der Waals surface area contributed by atoms with Crippen LogP contribution in [0.5, 0.6) is 0 Å². The van der Waals surface area contributed by atoms with Gasteiger partial charge < -0.3 is 14.2 Å². The molecule has 1 aliphatic rings. The summed E-state index contributed by atoms with van der Waals surface area (Å²) in [5.74, 6) is 2.06. The molecule has 0 radical (unpaired) electrons. The van der Waals surface area contributed by atoms with Crippen LogP contribution in [0.25, 0.3) is 0 Å². The van der Waals surface area contributed by atoms with E-state index in [1.54, 1.807) is 0 Å². The lowest BCUT2D eigenvalue weighted by Gasteiger charge is -2.29. The molecule has 0 aliphatic carbocycles. The Balaban J connectivity index is 1.60. The molecule has 122 valence electrons. The zero-order chi connectivity index (χ0) is 15.6. The van der Waals surface area contributed by atoms with Gasteiger partial charge in [-0.1, -0.05) is 31.5 Å². The van der Waals surface area contributed by atoms with E-state index in [2.05, 4.69) is 37.8 Å². The zero-order valence-corrected chi connectivity index (χ0v) is 14.1. The van der Waals surface area contributed by atoms with Gasteiger partial charge >= 0.3 is 0 Å². The zero-order valence-electron chi connectivity index (χ0n) is 13.3. The van der Waals surface area contributed by atoms with Crippen LogP contribution in [-0.2, 0) is 14.2 Å². The van der Waals surface area contributed by atoms with Crippen molar-refractivity contribution in [2.45, 2.75) is 43.8 Å². The van der Waals surface area contributed by atoms with Crippen LogP contribution in [0.1, 0.15) is 32.6 Å². The number of ether oxygens (including phenoxy) is 3. The van der Waals surface area contributed by atoms with Crippen molar-refractivity contribution >= 4 is 11.8 Å². The highest BCUT2D eigenvalue weighted by Gasteiger charge is 2.23. The molecular formula is C18H26O3S. The first-order chi connectivity index (χ1) is 10.8. The summed E-state index contributed by atoms with van der Waals surface area (Å²) < 4.78 is 16.8. The third-order valence-electron chi connectivity index (χ3n) is 3.58. The van der Waals surface area contributed by atoms with Gasteiger partial charge in [-0.3, -0.25) is 0 Å². The summed E-state index contributed by atoms with van der Waals surface area (Å²) in [4.78, 5) is 1.32. The molecular weight excluding hydrogens is 296 g/mol. The molecule has 1 fully saturated rings. The van der Waals surface area contributed by atoms with Gasteiger partial charge in [0.1, 0.15) is 0 Å². The molecule has 2 rings (SSSR count). The van der Waals surface area contributed by atoms with Crippen molar-refractivity contribution in [3.8, 4) is 0 Å². The van der Waals surface area contributed by atoms with Gasteiger partial charge in [0.25, 0.3) is 5.95 Å². The first-order valence-corrected chi connectivity index (χ1v) is 9.04. The van der Waals surface area contributed by atoms with E-state index in [0.717, 1.165) is 38.0 Å². The lowest BCUT2D eigenvalue weighted by molar-refractivity contribution is -0.177. The van der Waals surface area contributed by atoms with E-state index in [-0.39, 0.29) is 6.29 Å². The number of hydrogen-bond acceptors (Lipinski definition) is 4. The van der Waals surface area contributed by atoms with Gasteiger partial charge in [-0.2, -0.15) is 0 Å². The van der Waals surface area contributed by atoms with Gasteiger partial charge in [0.2, 0.25) is 6.29 Å². The second-order valence-corrected chi connectivity index (χ2v) is 6.62. The van der Waals surface area contributed by atoms with Crippen LogP contribution in [0.15, 0.2) is 47.8 Å². The van der Waals surface area contributed by atoms with Crippen LogP contribution >= 0.6 is 11.8 Å². The van der Waals surface area contributed by atoms with Crippen molar-refractivity contribution in [1.82, 2.24) is 0 Å². The second kappa shape index (κ2) is 9.80. The van der Waals surface area contributed by atoms with E-state index in [1.807, 2.05) is 17.8 Å². The van der Waals surface area contributed by atoms with Crippen LogP contribution in [0, 0.1) is 5.92 Å². The van der Waals surface area contributed by atoms with E-state index < -0.39 is 0 Å². The van der Waals surface area contributed by atoms with E-state index in [4.69, 9.17) is 14.2 Å². The minimum atomic E-state index is -0.202. The molecule has 22 heavy (non-hydrogen) atoms. The predicted octanol–water partition coefficient (Wildman–Crippen LogP) is 4.84. The Morgan fingerprint density at radius 3 is 2.82 bits per heavy atom. The van der Waals surface area contributed by atoms with Crippen molar-refractivity contribution in [3.05, 3.63) is 42.9 Å². The van der Waals surface area contributed by atoms with Crippen molar-refractivity contribution in [2.24, 2.45) is 5.92 Å². The quantitative estimate of drug-likeness (QED) is 0.369. The highest BCUT2D eigenvalue weighted by atomic mass is 32.2. The number of thioether (sulfide) groups is 1.